The molecule has 0 bridgehead atoms. The number of methoxy groups -OCH3 is 1. The van der Waals surface area contributed by atoms with Crippen LogP contribution in [0.2, 0.25) is 0 Å². The van der Waals surface area contributed by atoms with Gasteiger partial charge in [0.05, 0.1) is 18.9 Å². The van der Waals surface area contributed by atoms with Crippen LogP contribution < -0.4 is 9.46 Å². The van der Waals surface area contributed by atoms with Gasteiger partial charge >= 0.3 is 0 Å². The number of carbonyl (C=O) groups is 1. The molecule has 0 unspecified atom stereocenters. The molecule has 2 rings (SSSR count). The monoisotopic (exact) mass is 306 g/mol. The van der Waals surface area contributed by atoms with Crippen molar-refractivity contribution < 1.29 is 17.9 Å². The molecule has 1 heterocycles. The van der Waals surface area contributed by atoms with Crippen molar-refractivity contribution in [3.63, 3.8) is 0 Å². The number of nitrogens with one attached hydrogen (secondary N) is 1. The quantitative estimate of drug-likeness (QED) is 0.924. The van der Waals surface area contributed by atoms with Crippen LogP contribution in [0, 0.1) is 0 Å². The van der Waals surface area contributed by atoms with Crippen molar-refractivity contribution in [3.8, 4) is 16.9 Å². The minimum Gasteiger partial charge on any atom is -0.497 e. The van der Waals surface area contributed by atoms with Gasteiger partial charge in [0.1, 0.15) is 5.75 Å². The van der Waals surface area contributed by atoms with Gasteiger partial charge in [-0.3, -0.25) is 9.78 Å². The van der Waals surface area contributed by atoms with E-state index in [1.54, 1.807) is 31.5 Å². The molecule has 0 radical (unpaired) electrons. The summed E-state index contributed by atoms with van der Waals surface area (Å²) in [6.07, 6.45) is 3.83. The number of pyridine rings is 1. The maximum atomic E-state index is 11.8. The van der Waals surface area contributed by atoms with Gasteiger partial charge in [0.2, 0.25) is 10.0 Å². The number of benzene rings is 1. The first-order valence-corrected chi connectivity index (χ1v) is 7.90. The molecule has 0 spiro atoms. The SMILES string of the molecule is COc1ccc(-c2cncc(C(=O)NS(C)(=O)=O)c2)cc1. The van der Waals surface area contributed by atoms with E-state index in [9.17, 15) is 13.2 Å². The number of nitrogens with zero attached hydrogens (tertiary/aromatic N) is 1. The molecule has 2 aromatic rings. The highest BCUT2D eigenvalue weighted by atomic mass is 32.2. The molecule has 1 N–H and O–H groups in total. The smallest absolute Gasteiger partial charge is 0.266 e. The van der Waals surface area contributed by atoms with Gasteiger partial charge in [0, 0.05) is 18.0 Å². The maximum Gasteiger partial charge on any atom is 0.266 e. The van der Waals surface area contributed by atoms with Crippen molar-refractivity contribution >= 4 is 15.9 Å². The van der Waals surface area contributed by atoms with Gasteiger partial charge < -0.3 is 4.74 Å². The van der Waals surface area contributed by atoms with E-state index in [2.05, 4.69) is 4.98 Å². The zero-order valence-electron chi connectivity index (χ0n) is 11.5. The first kappa shape index (κ1) is 15.0. The molecule has 0 aliphatic heterocycles. The highest BCUT2D eigenvalue weighted by molar-refractivity contribution is 7.89. The van der Waals surface area contributed by atoms with Gasteiger partial charge in [0.15, 0.2) is 0 Å². The van der Waals surface area contributed by atoms with Crippen LogP contribution >= 0.6 is 0 Å². The molecule has 1 amide bonds. The fourth-order valence-corrected chi connectivity index (χ4v) is 2.19. The summed E-state index contributed by atoms with van der Waals surface area (Å²) in [4.78, 5) is 15.8. The van der Waals surface area contributed by atoms with Gasteiger partial charge in [-0.2, -0.15) is 0 Å². The Balaban J connectivity index is 2.30. The standard InChI is InChI=1S/C14H14N2O4S/c1-20-13-5-3-10(4-6-13)11-7-12(9-15-8-11)14(17)16-21(2,18)19/h3-9H,1-2H3,(H,16,17). The van der Waals surface area contributed by atoms with E-state index in [4.69, 9.17) is 4.74 Å². The molecule has 0 fully saturated rings. The first-order valence-electron chi connectivity index (χ1n) is 6.00. The second kappa shape index (κ2) is 5.92. The van der Waals surface area contributed by atoms with Gasteiger partial charge in [-0.1, -0.05) is 12.1 Å². The Morgan fingerprint density at radius 1 is 1.14 bits per heavy atom. The Kier molecular flexibility index (Phi) is 4.23. The van der Waals surface area contributed by atoms with Crippen molar-refractivity contribution in [3.05, 3.63) is 48.3 Å². The molecule has 6 nitrogen and oxygen atoms in total. The Bertz CT molecular complexity index is 755. The van der Waals surface area contributed by atoms with Gasteiger partial charge in [-0.25, -0.2) is 13.1 Å². The highest BCUT2D eigenvalue weighted by Crippen LogP contribution is 2.22. The summed E-state index contributed by atoms with van der Waals surface area (Å²) in [7, 11) is -2.03. The average Bonchev–Trinajstić information content (AvgIpc) is 2.46. The Morgan fingerprint density at radius 3 is 2.38 bits per heavy atom. The van der Waals surface area contributed by atoms with Crippen molar-refractivity contribution in [2.75, 3.05) is 13.4 Å². The Labute approximate surface area is 122 Å². The van der Waals surface area contributed by atoms with Crippen molar-refractivity contribution in [2.45, 2.75) is 0 Å². The number of amides is 1. The molecule has 0 saturated heterocycles. The number of rotatable bonds is 4. The third-order valence-corrected chi connectivity index (χ3v) is 3.26. The van der Waals surface area contributed by atoms with Crippen LogP contribution in [-0.2, 0) is 10.0 Å². The molecular weight excluding hydrogens is 292 g/mol. The average molecular weight is 306 g/mol. The second-order valence-electron chi connectivity index (χ2n) is 4.39. The van der Waals surface area contributed by atoms with Gasteiger partial charge in [-0.15, -0.1) is 0 Å². The third kappa shape index (κ3) is 4.03. The van der Waals surface area contributed by atoms with E-state index in [-0.39, 0.29) is 5.56 Å². The van der Waals surface area contributed by atoms with Crippen LogP contribution in [0.25, 0.3) is 11.1 Å². The normalized spacial score (nSPS) is 11.0. The van der Waals surface area contributed by atoms with Crippen molar-refractivity contribution in [1.82, 2.24) is 9.71 Å². The number of hydrogen-bond acceptors (Lipinski definition) is 5. The summed E-state index contributed by atoms with van der Waals surface area (Å²) in [6.45, 7) is 0. The van der Waals surface area contributed by atoms with E-state index < -0.39 is 15.9 Å². The topological polar surface area (TPSA) is 85.4 Å². The molecule has 0 atom stereocenters. The van der Waals surface area contributed by atoms with E-state index in [1.165, 1.54) is 6.20 Å². The lowest BCUT2D eigenvalue weighted by atomic mass is 10.1. The number of hydrogen-bond donors (Lipinski definition) is 1. The van der Waals surface area contributed by atoms with Crippen LogP contribution in [-0.4, -0.2) is 32.7 Å². The number of carbonyl (C=O) groups excluding carboxylic acids is 1. The number of aromatic nitrogens is 1. The molecule has 0 aliphatic rings. The molecular formula is C14H14N2O4S. The fourth-order valence-electron chi connectivity index (χ4n) is 1.73. The van der Waals surface area contributed by atoms with Crippen molar-refractivity contribution in [2.24, 2.45) is 0 Å². The lowest BCUT2D eigenvalue weighted by Crippen LogP contribution is -2.29. The molecule has 110 valence electrons. The lowest BCUT2D eigenvalue weighted by molar-refractivity contribution is 0.0981. The van der Waals surface area contributed by atoms with Gasteiger partial charge in [-0.05, 0) is 23.8 Å². The van der Waals surface area contributed by atoms with E-state index in [1.807, 2.05) is 16.9 Å². The molecule has 0 aliphatic carbocycles. The lowest BCUT2D eigenvalue weighted by Gasteiger charge is -2.06. The highest BCUT2D eigenvalue weighted by Gasteiger charge is 2.12. The summed E-state index contributed by atoms with van der Waals surface area (Å²) < 4.78 is 29.1. The predicted octanol–water partition coefficient (Wildman–Crippen LogP) is 1.45. The number of ether oxygens (including phenoxy) is 1. The van der Waals surface area contributed by atoms with Crippen LogP contribution in [0.4, 0.5) is 0 Å². The summed E-state index contributed by atoms with van der Waals surface area (Å²) in [6, 6.07) is 8.81. The second-order valence-corrected chi connectivity index (χ2v) is 6.14. The predicted molar refractivity (Wildman–Crippen MR) is 78.5 cm³/mol. The van der Waals surface area contributed by atoms with Crippen molar-refractivity contribution in [1.29, 1.82) is 0 Å². The fraction of sp³-hybridized carbons (Fsp3) is 0.143. The van der Waals surface area contributed by atoms with Gasteiger partial charge in [0.25, 0.3) is 5.91 Å². The molecule has 21 heavy (non-hydrogen) atoms. The van der Waals surface area contributed by atoms with Crippen LogP contribution in [0.5, 0.6) is 5.75 Å². The minimum atomic E-state index is -3.60. The third-order valence-electron chi connectivity index (χ3n) is 2.70. The molecule has 0 saturated carbocycles. The van der Waals surface area contributed by atoms with Crippen LogP contribution in [0.3, 0.4) is 0 Å². The molecule has 1 aromatic carbocycles. The first-order chi connectivity index (χ1) is 9.89. The number of sulfonamides is 1. The summed E-state index contributed by atoms with van der Waals surface area (Å²) in [5, 5.41) is 0. The largest absolute Gasteiger partial charge is 0.497 e. The zero-order valence-corrected chi connectivity index (χ0v) is 12.3. The summed E-state index contributed by atoms with van der Waals surface area (Å²) in [5.41, 5.74) is 1.73. The summed E-state index contributed by atoms with van der Waals surface area (Å²) in [5.74, 6) is 0.0121. The van der Waals surface area contributed by atoms with Crippen LogP contribution in [0.1, 0.15) is 10.4 Å². The summed E-state index contributed by atoms with van der Waals surface area (Å²) >= 11 is 0. The van der Waals surface area contributed by atoms with E-state index in [0.717, 1.165) is 17.6 Å². The van der Waals surface area contributed by atoms with Crippen LogP contribution in [0.15, 0.2) is 42.7 Å². The zero-order chi connectivity index (χ0) is 15.5. The van der Waals surface area contributed by atoms with E-state index in [0.29, 0.717) is 5.56 Å². The Hall–Kier alpha value is -2.41. The van der Waals surface area contributed by atoms with E-state index >= 15 is 0 Å². The maximum absolute atomic E-state index is 11.8. The minimum absolute atomic E-state index is 0.175. The Morgan fingerprint density at radius 2 is 1.81 bits per heavy atom. The molecule has 7 heteroatoms. The molecule has 1 aromatic heterocycles.